The second-order valence-corrected chi connectivity index (χ2v) is 3.52. The number of hydrogen-bond acceptors (Lipinski definition) is 3. The molecular formula is C11H13N3O. The first kappa shape index (κ1) is 9.71. The molecule has 0 saturated heterocycles. The van der Waals surface area contributed by atoms with Gasteiger partial charge in [-0.25, -0.2) is 0 Å². The summed E-state index contributed by atoms with van der Waals surface area (Å²) >= 11 is 0. The largest absolute Gasteiger partial charge is 0.489 e. The number of aromatic amines is 1. The zero-order valence-electron chi connectivity index (χ0n) is 8.77. The number of aromatic nitrogens is 3. The summed E-state index contributed by atoms with van der Waals surface area (Å²) in [5.41, 5.74) is 1.77. The number of ether oxygens (including phenoxy) is 1. The molecule has 0 aliphatic heterocycles. The van der Waals surface area contributed by atoms with E-state index in [4.69, 9.17) is 4.74 Å². The maximum absolute atomic E-state index is 5.50. The number of pyridine rings is 1. The van der Waals surface area contributed by atoms with Crippen molar-refractivity contribution >= 4 is 0 Å². The highest BCUT2D eigenvalue weighted by Gasteiger charge is 2.01. The zero-order chi connectivity index (χ0) is 10.7. The quantitative estimate of drug-likeness (QED) is 0.832. The van der Waals surface area contributed by atoms with E-state index in [1.807, 2.05) is 32.0 Å². The Morgan fingerprint density at radius 3 is 2.67 bits per heavy atom. The molecule has 0 aliphatic rings. The molecular weight excluding hydrogens is 190 g/mol. The lowest BCUT2D eigenvalue weighted by atomic mass is 10.3. The van der Waals surface area contributed by atoms with Crippen molar-refractivity contribution in [1.29, 1.82) is 0 Å². The van der Waals surface area contributed by atoms with Gasteiger partial charge in [0.15, 0.2) is 0 Å². The topological polar surface area (TPSA) is 50.8 Å². The third-order valence-corrected chi connectivity index (χ3v) is 1.88. The molecule has 4 nitrogen and oxygen atoms in total. The Balaban J connectivity index is 2.17. The Morgan fingerprint density at radius 2 is 2.13 bits per heavy atom. The normalized spacial score (nSPS) is 10.6. The van der Waals surface area contributed by atoms with Crippen LogP contribution < -0.4 is 4.74 Å². The first-order valence-corrected chi connectivity index (χ1v) is 4.88. The second kappa shape index (κ2) is 4.13. The molecule has 2 aromatic heterocycles. The van der Waals surface area contributed by atoms with Gasteiger partial charge < -0.3 is 4.74 Å². The Hall–Kier alpha value is -1.84. The highest BCUT2D eigenvalue weighted by atomic mass is 16.5. The van der Waals surface area contributed by atoms with E-state index < -0.39 is 0 Å². The molecule has 0 radical (unpaired) electrons. The van der Waals surface area contributed by atoms with Gasteiger partial charge >= 0.3 is 0 Å². The van der Waals surface area contributed by atoms with Crippen LogP contribution in [0.1, 0.15) is 13.8 Å². The number of H-pyrrole nitrogens is 1. The monoisotopic (exact) mass is 203 g/mol. The average Bonchev–Trinajstić information content (AvgIpc) is 2.71. The van der Waals surface area contributed by atoms with Crippen molar-refractivity contribution in [2.24, 2.45) is 0 Å². The summed E-state index contributed by atoms with van der Waals surface area (Å²) in [5, 5.41) is 6.73. The Kier molecular flexibility index (Phi) is 2.67. The number of nitrogens with zero attached hydrogens (tertiary/aromatic N) is 2. The predicted molar refractivity (Wildman–Crippen MR) is 57.6 cm³/mol. The Morgan fingerprint density at radius 1 is 1.27 bits per heavy atom. The molecule has 1 N–H and O–H groups in total. The highest BCUT2D eigenvalue weighted by Crippen LogP contribution is 2.17. The van der Waals surface area contributed by atoms with Crippen LogP contribution >= 0.6 is 0 Å². The fourth-order valence-corrected chi connectivity index (χ4v) is 1.28. The molecule has 0 fully saturated rings. The number of rotatable bonds is 3. The summed E-state index contributed by atoms with van der Waals surface area (Å²) in [6, 6.07) is 5.69. The standard InChI is InChI=1S/C11H13N3O/c1-8(2)15-9-3-4-10(12-7-9)11-5-6-13-14-11/h3-8H,1-2H3,(H,13,14). The lowest BCUT2D eigenvalue weighted by Crippen LogP contribution is -2.05. The lowest BCUT2D eigenvalue weighted by molar-refractivity contribution is 0.241. The average molecular weight is 203 g/mol. The SMILES string of the molecule is CC(C)Oc1ccc(-c2ccn[nH]2)nc1. The van der Waals surface area contributed by atoms with Crippen molar-refractivity contribution in [1.82, 2.24) is 15.2 Å². The van der Waals surface area contributed by atoms with E-state index in [0.717, 1.165) is 17.1 Å². The van der Waals surface area contributed by atoms with Gasteiger partial charge in [-0.3, -0.25) is 10.1 Å². The van der Waals surface area contributed by atoms with Crippen LogP contribution in [0.3, 0.4) is 0 Å². The predicted octanol–water partition coefficient (Wildman–Crippen LogP) is 2.26. The molecule has 0 spiro atoms. The van der Waals surface area contributed by atoms with Gasteiger partial charge in [0.25, 0.3) is 0 Å². The Bertz CT molecular complexity index is 406. The van der Waals surface area contributed by atoms with Gasteiger partial charge in [-0.1, -0.05) is 0 Å². The fourth-order valence-electron chi connectivity index (χ4n) is 1.28. The molecule has 15 heavy (non-hydrogen) atoms. The zero-order valence-corrected chi connectivity index (χ0v) is 8.77. The van der Waals surface area contributed by atoms with Crippen LogP contribution in [0.4, 0.5) is 0 Å². The van der Waals surface area contributed by atoms with Crippen LogP contribution in [-0.2, 0) is 0 Å². The highest BCUT2D eigenvalue weighted by molar-refractivity contribution is 5.53. The van der Waals surface area contributed by atoms with Crippen molar-refractivity contribution < 1.29 is 4.74 Å². The van der Waals surface area contributed by atoms with E-state index in [0.29, 0.717) is 0 Å². The van der Waals surface area contributed by atoms with Crippen molar-refractivity contribution in [2.45, 2.75) is 20.0 Å². The maximum Gasteiger partial charge on any atom is 0.138 e. The van der Waals surface area contributed by atoms with Crippen molar-refractivity contribution in [3.05, 3.63) is 30.6 Å². The third kappa shape index (κ3) is 2.34. The van der Waals surface area contributed by atoms with E-state index in [2.05, 4.69) is 15.2 Å². The minimum Gasteiger partial charge on any atom is -0.489 e. The summed E-state index contributed by atoms with van der Waals surface area (Å²) in [6.45, 7) is 3.98. The fraction of sp³-hybridized carbons (Fsp3) is 0.273. The second-order valence-electron chi connectivity index (χ2n) is 3.52. The molecule has 0 unspecified atom stereocenters. The number of hydrogen-bond donors (Lipinski definition) is 1. The van der Waals surface area contributed by atoms with E-state index in [1.54, 1.807) is 12.4 Å². The van der Waals surface area contributed by atoms with Gasteiger partial charge in [0.05, 0.1) is 23.7 Å². The van der Waals surface area contributed by atoms with E-state index in [1.165, 1.54) is 0 Å². The van der Waals surface area contributed by atoms with Crippen LogP contribution in [0, 0.1) is 0 Å². The summed E-state index contributed by atoms with van der Waals surface area (Å²) in [5.74, 6) is 0.785. The Labute approximate surface area is 88.3 Å². The summed E-state index contributed by atoms with van der Waals surface area (Å²) in [6.07, 6.45) is 3.59. The van der Waals surface area contributed by atoms with Crippen molar-refractivity contribution in [2.75, 3.05) is 0 Å². The molecule has 78 valence electrons. The van der Waals surface area contributed by atoms with Gasteiger partial charge in [0.2, 0.25) is 0 Å². The molecule has 0 amide bonds. The van der Waals surface area contributed by atoms with E-state index in [9.17, 15) is 0 Å². The van der Waals surface area contributed by atoms with Crippen LogP contribution in [0.15, 0.2) is 30.6 Å². The smallest absolute Gasteiger partial charge is 0.138 e. The lowest BCUT2D eigenvalue weighted by Gasteiger charge is -2.08. The summed E-state index contributed by atoms with van der Waals surface area (Å²) in [7, 11) is 0. The molecule has 0 aromatic carbocycles. The molecule has 0 atom stereocenters. The van der Waals surface area contributed by atoms with Crippen LogP contribution in [-0.4, -0.2) is 21.3 Å². The maximum atomic E-state index is 5.50. The molecule has 2 heterocycles. The van der Waals surface area contributed by atoms with Gasteiger partial charge in [0.1, 0.15) is 5.75 Å². The summed E-state index contributed by atoms with van der Waals surface area (Å²) < 4.78 is 5.50. The molecule has 0 bridgehead atoms. The molecule has 2 rings (SSSR count). The van der Waals surface area contributed by atoms with E-state index >= 15 is 0 Å². The summed E-state index contributed by atoms with van der Waals surface area (Å²) in [4.78, 5) is 4.28. The van der Waals surface area contributed by atoms with Crippen LogP contribution in [0.5, 0.6) is 5.75 Å². The van der Waals surface area contributed by atoms with Gasteiger partial charge in [0, 0.05) is 6.20 Å². The van der Waals surface area contributed by atoms with Gasteiger partial charge in [-0.2, -0.15) is 5.10 Å². The first-order valence-electron chi connectivity index (χ1n) is 4.88. The van der Waals surface area contributed by atoms with E-state index in [-0.39, 0.29) is 6.10 Å². The minimum absolute atomic E-state index is 0.171. The van der Waals surface area contributed by atoms with Crippen LogP contribution in [0.25, 0.3) is 11.4 Å². The third-order valence-electron chi connectivity index (χ3n) is 1.88. The molecule has 2 aromatic rings. The van der Waals surface area contributed by atoms with Crippen molar-refractivity contribution in [3.63, 3.8) is 0 Å². The molecule has 0 saturated carbocycles. The molecule has 4 heteroatoms. The first-order chi connectivity index (χ1) is 7.25. The minimum atomic E-state index is 0.171. The van der Waals surface area contributed by atoms with Gasteiger partial charge in [-0.15, -0.1) is 0 Å². The number of nitrogens with one attached hydrogen (secondary N) is 1. The van der Waals surface area contributed by atoms with Gasteiger partial charge in [-0.05, 0) is 32.0 Å². The van der Waals surface area contributed by atoms with Crippen molar-refractivity contribution in [3.8, 4) is 17.1 Å². The van der Waals surface area contributed by atoms with Crippen LogP contribution in [0.2, 0.25) is 0 Å². The molecule has 0 aliphatic carbocycles.